The van der Waals surface area contributed by atoms with E-state index in [0.29, 0.717) is 29.1 Å². The predicted octanol–water partition coefficient (Wildman–Crippen LogP) is 3.45. The molecule has 2 N–H and O–H groups in total. The van der Waals surface area contributed by atoms with Crippen LogP contribution in [0.5, 0.6) is 0 Å². The molecule has 0 saturated carbocycles. The number of nitrogens with one attached hydrogen (secondary N) is 1. The molecule has 1 heterocycles. The minimum Gasteiger partial charge on any atom is -0.481 e. The molecule has 0 aliphatic heterocycles. The highest BCUT2D eigenvalue weighted by molar-refractivity contribution is 6.30. The third-order valence-electron chi connectivity index (χ3n) is 4.72. The molecule has 0 atom stereocenters. The van der Waals surface area contributed by atoms with Crippen molar-refractivity contribution in [3.8, 4) is 5.69 Å². The van der Waals surface area contributed by atoms with Gasteiger partial charge in [-0.1, -0.05) is 25.4 Å². The van der Waals surface area contributed by atoms with Gasteiger partial charge in [0, 0.05) is 11.6 Å². The Morgan fingerprint density at radius 1 is 1.24 bits per heavy atom. The van der Waals surface area contributed by atoms with Gasteiger partial charge in [-0.15, -0.1) is 0 Å². The minimum absolute atomic E-state index is 0.0831. The molecule has 1 amide bonds. The lowest BCUT2D eigenvalue weighted by molar-refractivity contribution is -0.149. The third kappa shape index (κ3) is 3.85. The Hall–Kier alpha value is -2.34. The van der Waals surface area contributed by atoms with Crippen LogP contribution in [0.3, 0.4) is 0 Å². The molecule has 0 aliphatic rings. The van der Waals surface area contributed by atoms with Gasteiger partial charge in [-0.2, -0.15) is 5.10 Å². The summed E-state index contributed by atoms with van der Waals surface area (Å²) in [5.41, 5.74) is 0.938. The molecular weight excluding hydrogens is 342 g/mol. The largest absolute Gasteiger partial charge is 0.481 e. The van der Waals surface area contributed by atoms with E-state index in [0.717, 1.165) is 5.69 Å². The molecule has 0 aliphatic carbocycles. The average Bonchev–Trinajstić information content (AvgIpc) is 2.98. The first-order valence-electron chi connectivity index (χ1n) is 8.16. The Bertz CT molecular complexity index is 764. The monoisotopic (exact) mass is 363 g/mol. The van der Waals surface area contributed by atoms with Crippen molar-refractivity contribution in [2.24, 2.45) is 5.41 Å². The summed E-state index contributed by atoms with van der Waals surface area (Å²) in [7, 11) is 0. The highest BCUT2D eigenvalue weighted by Gasteiger charge is 2.35. The summed E-state index contributed by atoms with van der Waals surface area (Å²) in [5.74, 6) is -1.23. The Kier molecular flexibility index (Phi) is 5.85. The number of halogens is 1. The van der Waals surface area contributed by atoms with Crippen molar-refractivity contribution < 1.29 is 14.7 Å². The molecule has 2 rings (SSSR count). The zero-order chi connectivity index (χ0) is 18.6. The number of amides is 1. The summed E-state index contributed by atoms with van der Waals surface area (Å²) in [5, 5.41) is 17.1. The lowest BCUT2D eigenvalue weighted by Gasteiger charge is -2.26. The van der Waals surface area contributed by atoms with Gasteiger partial charge in [0.25, 0.3) is 5.91 Å². The zero-order valence-corrected chi connectivity index (χ0v) is 15.3. The van der Waals surface area contributed by atoms with Gasteiger partial charge in [-0.3, -0.25) is 9.59 Å². The number of carboxylic acid groups (broad SMARTS) is 1. The molecule has 1 aromatic heterocycles. The summed E-state index contributed by atoms with van der Waals surface area (Å²) in [4.78, 5) is 24.0. The second kappa shape index (κ2) is 7.70. The highest BCUT2D eigenvalue weighted by atomic mass is 35.5. The fourth-order valence-electron chi connectivity index (χ4n) is 2.70. The summed E-state index contributed by atoms with van der Waals surface area (Å²) in [6.45, 7) is 5.50. The van der Waals surface area contributed by atoms with Crippen LogP contribution in [0.25, 0.3) is 5.69 Å². The van der Waals surface area contributed by atoms with Gasteiger partial charge >= 0.3 is 5.97 Å². The number of aromatic nitrogens is 2. The maximum Gasteiger partial charge on any atom is 0.311 e. The number of carbonyl (C=O) groups is 2. The first-order valence-corrected chi connectivity index (χ1v) is 8.54. The van der Waals surface area contributed by atoms with E-state index in [-0.39, 0.29) is 12.5 Å². The van der Waals surface area contributed by atoms with E-state index in [1.807, 2.05) is 26.0 Å². The molecule has 0 fully saturated rings. The Labute approximate surface area is 151 Å². The number of aliphatic carboxylic acids is 1. The van der Waals surface area contributed by atoms with Gasteiger partial charge in [-0.25, -0.2) is 4.68 Å². The normalized spacial score (nSPS) is 11.4. The van der Waals surface area contributed by atoms with E-state index in [2.05, 4.69) is 10.4 Å². The van der Waals surface area contributed by atoms with E-state index in [9.17, 15) is 14.7 Å². The molecule has 134 valence electrons. The summed E-state index contributed by atoms with van der Waals surface area (Å²) >= 11 is 5.89. The third-order valence-corrected chi connectivity index (χ3v) is 4.97. The van der Waals surface area contributed by atoms with Crippen molar-refractivity contribution in [2.75, 3.05) is 6.54 Å². The van der Waals surface area contributed by atoms with E-state index in [1.165, 1.54) is 6.20 Å². The van der Waals surface area contributed by atoms with Crippen LogP contribution >= 0.6 is 11.6 Å². The van der Waals surface area contributed by atoms with Crippen LogP contribution in [-0.4, -0.2) is 33.3 Å². The molecule has 0 radical (unpaired) electrons. The summed E-state index contributed by atoms with van der Waals surface area (Å²) < 4.78 is 1.65. The number of nitrogens with zero attached hydrogens (tertiary/aromatic N) is 2. The van der Waals surface area contributed by atoms with Crippen LogP contribution in [0.2, 0.25) is 5.02 Å². The standard InChI is InChI=1S/C18H22ClN3O3/c1-4-18(5-2,17(24)25)11-20-16(23)15-10-21-22(12(15)3)14-8-6-13(19)7-9-14/h6-10H,4-5,11H2,1-3H3,(H,20,23)(H,24,25). The lowest BCUT2D eigenvalue weighted by Crippen LogP contribution is -2.42. The zero-order valence-electron chi connectivity index (χ0n) is 14.5. The fourth-order valence-corrected chi connectivity index (χ4v) is 2.82. The molecule has 2 aromatic rings. The van der Waals surface area contributed by atoms with E-state index < -0.39 is 11.4 Å². The van der Waals surface area contributed by atoms with Gasteiger partial charge in [0.1, 0.15) is 0 Å². The Morgan fingerprint density at radius 2 is 1.84 bits per heavy atom. The van der Waals surface area contributed by atoms with Gasteiger partial charge in [0.2, 0.25) is 0 Å². The van der Waals surface area contributed by atoms with Crippen molar-refractivity contribution in [3.05, 3.63) is 46.7 Å². The number of benzene rings is 1. The van der Waals surface area contributed by atoms with E-state index >= 15 is 0 Å². The molecule has 0 bridgehead atoms. The van der Waals surface area contributed by atoms with Crippen LogP contribution in [0.4, 0.5) is 0 Å². The quantitative estimate of drug-likeness (QED) is 0.789. The number of rotatable bonds is 7. The van der Waals surface area contributed by atoms with Gasteiger partial charge in [0.05, 0.1) is 28.6 Å². The van der Waals surface area contributed by atoms with Crippen molar-refractivity contribution in [1.82, 2.24) is 15.1 Å². The first kappa shape index (κ1) is 19.0. The SMILES string of the molecule is CCC(CC)(CNC(=O)c1cnn(-c2ccc(Cl)cc2)c1C)C(=O)O. The second-order valence-corrected chi connectivity index (χ2v) is 6.44. The van der Waals surface area contributed by atoms with Crippen LogP contribution in [0.15, 0.2) is 30.5 Å². The number of hydrogen-bond acceptors (Lipinski definition) is 3. The molecule has 0 saturated heterocycles. The maximum atomic E-state index is 12.5. The Morgan fingerprint density at radius 3 is 2.36 bits per heavy atom. The van der Waals surface area contributed by atoms with Crippen LogP contribution in [-0.2, 0) is 4.79 Å². The molecule has 25 heavy (non-hydrogen) atoms. The summed E-state index contributed by atoms with van der Waals surface area (Å²) in [6.07, 6.45) is 2.38. The Balaban J connectivity index is 2.18. The molecule has 0 spiro atoms. The van der Waals surface area contributed by atoms with Gasteiger partial charge in [-0.05, 0) is 44.0 Å². The molecule has 7 heteroatoms. The lowest BCUT2D eigenvalue weighted by atomic mass is 9.82. The topological polar surface area (TPSA) is 84.2 Å². The van der Waals surface area contributed by atoms with E-state index in [1.54, 1.807) is 23.7 Å². The van der Waals surface area contributed by atoms with Crippen molar-refractivity contribution in [2.45, 2.75) is 33.6 Å². The van der Waals surface area contributed by atoms with E-state index in [4.69, 9.17) is 11.6 Å². The molecular formula is C18H22ClN3O3. The number of carbonyl (C=O) groups excluding carboxylic acids is 1. The van der Waals surface area contributed by atoms with Gasteiger partial charge < -0.3 is 10.4 Å². The van der Waals surface area contributed by atoms with Crippen molar-refractivity contribution in [1.29, 1.82) is 0 Å². The van der Waals surface area contributed by atoms with Crippen LogP contribution in [0.1, 0.15) is 42.7 Å². The maximum absolute atomic E-state index is 12.5. The van der Waals surface area contributed by atoms with Gasteiger partial charge in [0.15, 0.2) is 0 Å². The summed E-state index contributed by atoms with van der Waals surface area (Å²) in [6, 6.07) is 7.13. The highest BCUT2D eigenvalue weighted by Crippen LogP contribution is 2.26. The fraction of sp³-hybridized carbons (Fsp3) is 0.389. The number of hydrogen-bond donors (Lipinski definition) is 2. The smallest absolute Gasteiger partial charge is 0.311 e. The van der Waals surface area contributed by atoms with Crippen LogP contribution < -0.4 is 5.32 Å². The molecule has 1 aromatic carbocycles. The molecule has 6 nitrogen and oxygen atoms in total. The molecule has 0 unspecified atom stereocenters. The minimum atomic E-state index is -0.949. The first-order chi connectivity index (χ1) is 11.8. The number of carboxylic acids is 1. The van der Waals surface area contributed by atoms with Crippen molar-refractivity contribution in [3.63, 3.8) is 0 Å². The average molecular weight is 364 g/mol. The van der Waals surface area contributed by atoms with Crippen LogP contribution in [0, 0.1) is 12.3 Å². The predicted molar refractivity (Wildman–Crippen MR) is 96.3 cm³/mol. The second-order valence-electron chi connectivity index (χ2n) is 6.01. The van der Waals surface area contributed by atoms with Crippen molar-refractivity contribution >= 4 is 23.5 Å².